The molecule has 0 spiro atoms. The van der Waals surface area contributed by atoms with Gasteiger partial charge in [-0.1, -0.05) is 61.8 Å². The third-order valence-corrected chi connectivity index (χ3v) is 6.74. The Bertz CT molecular complexity index is 258. The Kier molecular flexibility index (Phi) is 8.50. The Morgan fingerprint density at radius 2 is 0.864 bits per heavy atom. The smallest absolute Gasteiger partial charge is 0.0360 e. The van der Waals surface area contributed by atoms with Crippen LogP contribution in [0.25, 0.3) is 0 Å². The lowest BCUT2D eigenvalue weighted by atomic mass is 9.80. The summed E-state index contributed by atoms with van der Waals surface area (Å²) >= 11 is 0. The third-order valence-electron chi connectivity index (χ3n) is 6.74. The molecule has 0 aromatic heterocycles. The van der Waals surface area contributed by atoms with Crippen molar-refractivity contribution in [3.8, 4) is 0 Å². The van der Waals surface area contributed by atoms with Crippen molar-refractivity contribution in [2.45, 2.75) is 93.9 Å². The van der Waals surface area contributed by atoms with Crippen LogP contribution in [0.1, 0.15) is 93.9 Å². The van der Waals surface area contributed by atoms with E-state index in [0.717, 1.165) is 47.3 Å². The molecule has 0 amide bonds. The van der Waals surface area contributed by atoms with Crippen molar-refractivity contribution in [1.29, 1.82) is 0 Å². The van der Waals surface area contributed by atoms with E-state index in [1.165, 1.54) is 38.5 Å². The number of rotatable bonds is 4. The first-order valence-corrected chi connectivity index (χ1v) is 10.2. The van der Waals surface area contributed by atoms with Gasteiger partial charge in [-0.25, -0.2) is 0 Å². The fourth-order valence-corrected chi connectivity index (χ4v) is 4.94. The van der Waals surface area contributed by atoms with Crippen LogP contribution in [-0.4, -0.2) is 0 Å². The molecule has 0 bridgehead atoms. The average Bonchev–Trinajstić information content (AvgIpc) is 3.09. The maximum Gasteiger partial charge on any atom is -0.0360 e. The van der Waals surface area contributed by atoms with Gasteiger partial charge in [0, 0.05) is 0 Å². The lowest BCUT2D eigenvalue weighted by Crippen LogP contribution is -2.18. The molecule has 2 fully saturated rings. The maximum atomic E-state index is 2.38. The molecule has 2 saturated carbocycles. The van der Waals surface area contributed by atoms with Crippen LogP contribution in [0, 0.1) is 47.3 Å². The highest BCUT2D eigenvalue weighted by Crippen LogP contribution is 2.41. The molecule has 0 heteroatoms. The topological polar surface area (TPSA) is 0 Å². The summed E-state index contributed by atoms with van der Waals surface area (Å²) in [5.74, 6) is 7.75. The molecular weight excluding hydrogens is 264 g/mol. The standard InChI is InChI=1S/2C11H22/c1-8(2)10-5-6-11(7-10)9(3)4;1-8(2)10-6-5-7-11(10)9(3)4/h2*8-11H,5-7H2,1-4H3. The average molecular weight is 309 g/mol. The molecule has 0 nitrogen and oxygen atoms in total. The fourth-order valence-electron chi connectivity index (χ4n) is 4.94. The number of hydrogen-bond acceptors (Lipinski definition) is 0. The van der Waals surface area contributed by atoms with E-state index >= 15 is 0 Å². The van der Waals surface area contributed by atoms with Crippen LogP contribution in [0.4, 0.5) is 0 Å². The van der Waals surface area contributed by atoms with Crippen molar-refractivity contribution in [1.82, 2.24) is 0 Å². The summed E-state index contributed by atoms with van der Waals surface area (Å²) in [6.07, 6.45) is 8.92. The van der Waals surface area contributed by atoms with Gasteiger partial charge in [-0.3, -0.25) is 0 Å². The highest BCUT2D eigenvalue weighted by Gasteiger charge is 2.31. The summed E-state index contributed by atoms with van der Waals surface area (Å²) in [4.78, 5) is 0. The molecule has 2 rings (SSSR count). The van der Waals surface area contributed by atoms with Gasteiger partial charge in [0.1, 0.15) is 0 Å². The maximum absolute atomic E-state index is 2.38. The molecule has 0 aromatic rings. The van der Waals surface area contributed by atoms with Crippen LogP contribution in [0.2, 0.25) is 0 Å². The lowest BCUT2D eigenvalue weighted by molar-refractivity contribution is 0.235. The Labute approximate surface area is 141 Å². The van der Waals surface area contributed by atoms with Crippen molar-refractivity contribution < 1.29 is 0 Å². The van der Waals surface area contributed by atoms with Crippen molar-refractivity contribution in [3.63, 3.8) is 0 Å². The minimum Gasteiger partial charge on any atom is -0.0625 e. The van der Waals surface area contributed by atoms with Gasteiger partial charge in [-0.2, -0.15) is 0 Å². The van der Waals surface area contributed by atoms with Crippen LogP contribution in [0.5, 0.6) is 0 Å². The second kappa shape index (κ2) is 9.33. The third kappa shape index (κ3) is 5.89. The monoisotopic (exact) mass is 308 g/mol. The van der Waals surface area contributed by atoms with E-state index in [4.69, 9.17) is 0 Å². The molecule has 0 radical (unpaired) electrons. The first-order valence-electron chi connectivity index (χ1n) is 10.2. The van der Waals surface area contributed by atoms with Crippen molar-refractivity contribution in [2.75, 3.05) is 0 Å². The summed E-state index contributed by atoms with van der Waals surface area (Å²) in [6, 6.07) is 0. The molecule has 2 aliphatic rings. The molecular formula is C22H44. The van der Waals surface area contributed by atoms with Gasteiger partial charge in [0.15, 0.2) is 0 Å². The molecule has 4 atom stereocenters. The van der Waals surface area contributed by atoms with Crippen molar-refractivity contribution in [3.05, 3.63) is 0 Å². The van der Waals surface area contributed by atoms with Crippen LogP contribution in [0.3, 0.4) is 0 Å². The van der Waals surface area contributed by atoms with Gasteiger partial charge in [0.2, 0.25) is 0 Å². The van der Waals surface area contributed by atoms with E-state index in [1.54, 1.807) is 0 Å². The predicted molar refractivity (Wildman–Crippen MR) is 101 cm³/mol. The normalized spacial score (nSPS) is 32.2. The van der Waals surface area contributed by atoms with Gasteiger partial charge in [0.05, 0.1) is 0 Å². The van der Waals surface area contributed by atoms with Gasteiger partial charge < -0.3 is 0 Å². The van der Waals surface area contributed by atoms with E-state index in [0.29, 0.717) is 0 Å². The lowest BCUT2D eigenvalue weighted by Gasteiger charge is -2.26. The molecule has 0 N–H and O–H groups in total. The molecule has 2 aliphatic carbocycles. The van der Waals surface area contributed by atoms with E-state index in [1.807, 2.05) is 0 Å². The highest BCUT2D eigenvalue weighted by atomic mass is 14.4. The van der Waals surface area contributed by atoms with Crippen LogP contribution < -0.4 is 0 Å². The number of hydrogen-bond donors (Lipinski definition) is 0. The summed E-state index contributed by atoms with van der Waals surface area (Å²) in [5, 5.41) is 0. The van der Waals surface area contributed by atoms with E-state index in [9.17, 15) is 0 Å². The summed E-state index contributed by atoms with van der Waals surface area (Å²) in [6.45, 7) is 19.0. The second-order valence-corrected chi connectivity index (χ2v) is 9.57. The predicted octanol–water partition coefficient (Wildman–Crippen LogP) is 7.43. The Morgan fingerprint density at radius 1 is 0.500 bits per heavy atom. The molecule has 22 heavy (non-hydrogen) atoms. The van der Waals surface area contributed by atoms with Gasteiger partial charge >= 0.3 is 0 Å². The first kappa shape index (κ1) is 20.0. The van der Waals surface area contributed by atoms with E-state index in [-0.39, 0.29) is 0 Å². The zero-order chi connectivity index (χ0) is 16.9. The van der Waals surface area contributed by atoms with Crippen molar-refractivity contribution >= 4 is 0 Å². The van der Waals surface area contributed by atoms with E-state index in [2.05, 4.69) is 55.4 Å². The molecule has 0 heterocycles. The van der Waals surface area contributed by atoms with Gasteiger partial charge in [-0.05, 0) is 79.4 Å². The minimum atomic E-state index is 0.907. The second-order valence-electron chi connectivity index (χ2n) is 9.57. The van der Waals surface area contributed by atoms with Gasteiger partial charge in [0.25, 0.3) is 0 Å². The Morgan fingerprint density at radius 3 is 1.09 bits per heavy atom. The quantitative estimate of drug-likeness (QED) is 0.506. The fraction of sp³-hybridized carbons (Fsp3) is 1.00. The largest absolute Gasteiger partial charge is 0.0625 e. The Balaban J connectivity index is 0.000000220. The molecule has 132 valence electrons. The van der Waals surface area contributed by atoms with Crippen LogP contribution in [-0.2, 0) is 0 Å². The SMILES string of the molecule is CC(C)C1CCC(C(C)C)C1.CC(C)C1CCCC1C(C)C. The zero-order valence-electron chi connectivity index (χ0n) is 16.9. The molecule has 0 aromatic carbocycles. The summed E-state index contributed by atoms with van der Waals surface area (Å²) < 4.78 is 0. The Hall–Kier alpha value is 0. The van der Waals surface area contributed by atoms with Crippen LogP contribution in [0.15, 0.2) is 0 Å². The first-order chi connectivity index (χ1) is 10.2. The molecule has 4 unspecified atom stereocenters. The molecule has 0 saturated heterocycles. The summed E-state index contributed by atoms with van der Waals surface area (Å²) in [5.41, 5.74) is 0. The van der Waals surface area contributed by atoms with E-state index < -0.39 is 0 Å². The van der Waals surface area contributed by atoms with Crippen LogP contribution >= 0.6 is 0 Å². The summed E-state index contributed by atoms with van der Waals surface area (Å²) in [7, 11) is 0. The van der Waals surface area contributed by atoms with Gasteiger partial charge in [-0.15, -0.1) is 0 Å². The minimum absolute atomic E-state index is 0.907. The zero-order valence-corrected chi connectivity index (χ0v) is 16.9. The van der Waals surface area contributed by atoms with Crippen molar-refractivity contribution in [2.24, 2.45) is 47.3 Å². The molecule has 0 aliphatic heterocycles. The highest BCUT2D eigenvalue weighted by molar-refractivity contribution is 4.81.